The molecule has 0 saturated heterocycles. The number of aryl methyl sites for hydroxylation is 3. The molecule has 2 aromatic rings. The van der Waals surface area contributed by atoms with Crippen LogP contribution in [0, 0.1) is 18.3 Å². The van der Waals surface area contributed by atoms with Crippen molar-refractivity contribution < 1.29 is 0 Å². The molecule has 0 fully saturated rings. The number of rotatable bonds is 3. The minimum atomic E-state index is 0.597. The summed E-state index contributed by atoms with van der Waals surface area (Å²) < 4.78 is 1.70. The molecule has 1 aromatic carbocycles. The number of nitrogens with one attached hydrogen (secondary N) is 1. The number of anilines is 2. The smallest absolute Gasteiger partial charge is 0.146 e. The Morgan fingerprint density at radius 2 is 2.22 bits per heavy atom. The second-order valence-electron chi connectivity index (χ2n) is 4.22. The summed E-state index contributed by atoms with van der Waals surface area (Å²) in [6.45, 7) is 3.96. The largest absolute Gasteiger partial charge is 0.339 e. The lowest BCUT2D eigenvalue weighted by molar-refractivity contribution is 0.765. The highest BCUT2D eigenvalue weighted by atomic mass is 15.3. The second kappa shape index (κ2) is 4.92. The van der Waals surface area contributed by atoms with Crippen molar-refractivity contribution in [2.45, 2.75) is 20.3 Å². The summed E-state index contributed by atoms with van der Waals surface area (Å²) in [4.78, 5) is 0. The first-order chi connectivity index (χ1) is 8.65. The van der Waals surface area contributed by atoms with Crippen molar-refractivity contribution in [2.24, 2.45) is 7.05 Å². The van der Waals surface area contributed by atoms with Crippen molar-refractivity contribution in [1.29, 1.82) is 5.26 Å². The molecule has 18 heavy (non-hydrogen) atoms. The molecule has 2 rings (SSSR count). The summed E-state index contributed by atoms with van der Waals surface area (Å²) in [5.74, 6) is 0.739. The standard InChI is InChI=1S/C14H16N4/c1-4-11-6-5-7-12(8-11)16-14-13(9-15)10(2)17-18(14)3/h5-8,16H,4H2,1-3H3. The monoisotopic (exact) mass is 240 g/mol. The van der Waals surface area contributed by atoms with E-state index in [1.165, 1.54) is 5.56 Å². The molecule has 0 spiro atoms. The van der Waals surface area contributed by atoms with Gasteiger partial charge in [-0.05, 0) is 31.0 Å². The lowest BCUT2D eigenvalue weighted by atomic mass is 10.1. The van der Waals surface area contributed by atoms with Crippen molar-refractivity contribution in [3.8, 4) is 6.07 Å². The maximum absolute atomic E-state index is 9.15. The van der Waals surface area contributed by atoms with E-state index in [1.54, 1.807) is 4.68 Å². The van der Waals surface area contributed by atoms with Gasteiger partial charge in [0.2, 0.25) is 0 Å². The third-order valence-corrected chi connectivity index (χ3v) is 2.93. The molecule has 0 saturated carbocycles. The molecule has 4 heteroatoms. The average molecular weight is 240 g/mol. The van der Waals surface area contributed by atoms with E-state index in [9.17, 15) is 0 Å². The van der Waals surface area contributed by atoms with E-state index in [4.69, 9.17) is 5.26 Å². The highest BCUT2D eigenvalue weighted by Crippen LogP contribution is 2.23. The van der Waals surface area contributed by atoms with E-state index in [-0.39, 0.29) is 0 Å². The van der Waals surface area contributed by atoms with Crippen LogP contribution in [-0.2, 0) is 13.5 Å². The van der Waals surface area contributed by atoms with Crippen LogP contribution >= 0.6 is 0 Å². The molecule has 0 aliphatic heterocycles. The number of hydrogen-bond acceptors (Lipinski definition) is 3. The molecule has 92 valence electrons. The van der Waals surface area contributed by atoms with Gasteiger partial charge in [-0.25, -0.2) is 0 Å². The molecule has 0 aliphatic carbocycles. The predicted octanol–water partition coefficient (Wildman–Crippen LogP) is 2.91. The van der Waals surface area contributed by atoms with Gasteiger partial charge in [-0.15, -0.1) is 0 Å². The summed E-state index contributed by atoms with van der Waals surface area (Å²) >= 11 is 0. The van der Waals surface area contributed by atoms with E-state index >= 15 is 0 Å². The zero-order valence-corrected chi connectivity index (χ0v) is 10.9. The van der Waals surface area contributed by atoms with Crippen LogP contribution in [0.4, 0.5) is 11.5 Å². The third-order valence-electron chi connectivity index (χ3n) is 2.93. The van der Waals surface area contributed by atoms with Gasteiger partial charge in [-0.1, -0.05) is 19.1 Å². The summed E-state index contributed by atoms with van der Waals surface area (Å²) in [6.07, 6.45) is 0.991. The first-order valence-corrected chi connectivity index (χ1v) is 5.95. The zero-order valence-electron chi connectivity index (χ0n) is 10.9. The van der Waals surface area contributed by atoms with Gasteiger partial charge in [0.1, 0.15) is 17.5 Å². The molecule has 0 unspecified atom stereocenters. The van der Waals surface area contributed by atoms with Gasteiger partial charge in [-0.3, -0.25) is 4.68 Å². The lowest BCUT2D eigenvalue weighted by Crippen LogP contribution is -2.00. The minimum absolute atomic E-state index is 0.597. The van der Waals surface area contributed by atoms with Crippen molar-refractivity contribution in [3.05, 3.63) is 41.1 Å². The Kier molecular flexibility index (Phi) is 3.33. The summed E-state index contributed by atoms with van der Waals surface area (Å²) in [5.41, 5.74) is 3.58. The Hall–Kier alpha value is -2.28. The Morgan fingerprint density at radius 3 is 2.89 bits per heavy atom. The van der Waals surface area contributed by atoms with Crippen LogP contribution in [0.2, 0.25) is 0 Å². The summed E-state index contributed by atoms with van der Waals surface area (Å²) in [6, 6.07) is 10.4. The van der Waals surface area contributed by atoms with E-state index in [2.05, 4.69) is 35.5 Å². The van der Waals surface area contributed by atoms with Crippen LogP contribution in [0.5, 0.6) is 0 Å². The first kappa shape index (κ1) is 12.2. The Morgan fingerprint density at radius 1 is 1.44 bits per heavy atom. The molecule has 0 amide bonds. The molecular formula is C14H16N4. The minimum Gasteiger partial charge on any atom is -0.339 e. The zero-order chi connectivity index (χ0) is 13.1. The highest BCUT2D eigenvalue weighted by molar-refractivity contribution is 5.64. The Balaban J connectivity index is 2.37. The number of nitriles is 1. The molecular weight excluding hydrogens is 224 g/mol. The van der Waals surface area contributed by atoms with Crippen molar-refractivity contribution >= 4 is 11.5 Å². The van der Waals surface area contributed by atoms with Crippen LogP contribution in [0.25, 0.3) is 0 Å². The van der Waals surface area contributed by atoms with Gasteiger partial charge in [-0.2, -0.15) is 10.4 Å². The van der Waals surface area contributed by atoms with E-state index in [1.807, 2.05) is 26.1 Å². The van der Waals surface area contributed by atoms with Gasteiger partial charge in [0, 0.05) is 12.7 Å². The van der Waals surface area contributed by atoms with Gasteiger partial charge >= 0.3 is 0 Å². The molecule has 4 nitrogen and oxygen atoms in total. The SMILES string of the molecule is CCc1cccc(Nc2c(C#N)c(C)nn2C)c1. The molecule has 0 atom stereocenters. The van der Waals surface area contributed by atoms with E-state index in [0.29, 0.717) is 5.56 Å². The number of hydrogen-bond donors (Lipinski definition) is 1. The molecule has 0 radical (unpaired) electrons. The van der Waals surface area contributed by atoms with Gasteiger partial charge in [0.15, 0.2) is 0 Å². The Bertz CT molecular complexity index is 605. The van der Waals surface area contributed by atoms with Crippen molar-refractivity contribution in [1.82, 2.24) is 9.78 Å². The summed E-state index contributed by atoms with van der Waals surface area (Å²) in [7, 11) is 1.83. The summed E-state index contributed by atoms with van der Waals surface area (Å²) in [5, 5.41) is 16.7. The first-order valence-electron chi connectivity index (χ1n) is 5.95. The highest BCUT2D eigenvalue weighted by Gasteiger charge is 2.12. The van der Waals surface area contributed by atoms with Crippen LogP contribution in [0.1, 0.15) is 23.7 Å². The molecule has 0 aliphatic rings. The quantitative estimate of drug-likeness (QED) is 0.897. The van der Waals surface area contributed by atoms with E-state index in [0.717, 1.165) is 23.6 Å². The third kappa shape index (κ3) is 2.21. The lowest BCUT2D eigenvalue weighted by Gasteiger charge is -2.08. The maximum atomic E-state index is 9.15. The van der Waals surface area contributed by atoms with Gasteiger partial charge in [0.05, 0.1) is 5.69 Å². The van der Waals surface area contributed by atoms with Crippen LogP contribution in [-0.4, -0.2) is 9.78 Å². The van der Waals surface area contributed by atoms with Crippen LogP contribution in [0.3, 0.4) is 0 Å². The fourth-order valence-corrected chi connectivity index (χ4v) is 1.94. The Labute approximate surface area is 107 Å². The van der Waals surface area contributed by atoms with Crippen molar-refractivity contribution in [3.63, 3.8) is 0 Å². The number of benzene rings is 1. The molecule has 1 aromatic heterocycles. The topological polar surface area (TPSA) is 53.6 Å². The van der Waals surface area contributed by atoms with Crippen molar-refractivity contribution in [2.75, 3.05) is 5.32 Å². The second-order valence-corrected chi connectivity index (χ2v) is 4.22. The normalized spacial score (nSPS) is 10.1. The van der Waals surface area contributed by atoms with Gasteiger partial charge < -0.3 is 5.32 Å². The fourth-order valence-electron chi connectivity index (χ4n) is 1.94. The molecule has 1 heterocycles. The maximum Gasteiger partial charge on any atom is 0.146 e. The average Bonchev–Trinajstić information content (AvgIpc) is 2.64. The van der Waals surface area contributed by atoms with Crippen LogP contribution < -0.4 is 5.32 Å². The number of aromatic nitrogens is 2. The van der Waals surface area contributed by atoms with Crippen LogP contribution in [0.15, 0.2) is 24.3 Å². The number of nitrogens with zero attached hydrogens (tertiary/aromatic N) is 3. The molecule has 1 N–H and O–H groups in total. The van der Waals surface area contributed by atoms with E-state index < -0.39 is 0 Å². The molecule has 0 bridgehead atoms. The van der Waals surface area contributed by atoms with Gasteiger partial charge in [0.25, 0.3) is 0 Å². The fraction of sp³-hybridized carbons (Fsp3) is 0.286. The predicted molar refractivity (Wildman–Crippen MR) is 71.8 cm³/mol.